The van der Waals surface area contributed by atoms with E-state index in [9.17, 15) is 10.1 Å². The third-order valence-electron chi connectivity index (χ3n) is 3.47. The lowest BCUT2D eigenvalue weighted by atomic mass is 10.1. The molecule has 5 nitrogen and oxygen atoms in total. The molecule has 0 bridgehead atoms. The summed E-state index contributed by atoms with van der Waals surface area (Å²) in [5.74, 6) is -0.117. The van der Waals surface area contributed by atoms with Crippen LogP contribution in [0.3, 0.4) is 0 Å². The van der Waals surface area contributed by atoms with E-state index in [0.29, 0.717) is 16.3 Å². The molecule has 0 saturated carbocycles. The van der Waals surface area contributed by atoms with E-state index in [1.54, 1.807) is 20.9 Å². The third kappa shape index (κ3) is 3.61. The van der Waals surface area contributed by atoms with Gasteiger partial charge in [-0.3, -0.25) is 4.79 Å². The first-order chi connectivity index (χ1) is 11.0. The van der Waals surface area contributed by atoms with Gasteiger partial charge in [-0.15, -0.1) is 0 Å². The first kappa shape index (κ1) is 16.8. The molecule has 6 heteroatoms. The Bertz CT molecular complexity index is 770. The predicted molar refractivity (Wildman–Crippen MR) is 88.8 cm³/mol. The number of hydrogen-bond donors (Lipinski definition) is 0. The number of benzene rings is 1. The summed E-state index contributed by atoms with van der Waals surface area (Å²) in [4.78, 5) is 17.9. The van der Waals surface area contributed by atoms with Gasteiger partial charge >= 0.3 is 0 Å². The van der Waals surface area contributed by atoms with Crippen molar-refractivity contribution in [2.24, 2.45) is 0 Å². The number of amides is 1. The van der Waals surface area contributed by atoms with Gasteiger partial charge in [0.2, 0.25) is 5.88 Å². The SMILES string of the molecule is Cc1nc(OCC(=O)N(C)c2ccccc2)c(C#N)c(C)c1Cl. The molecule has 0 aliphatic rings. The number of hydrogen-bond acceptors (Lipinski definition) is 4. The Labute approximate surface area is 140 Å². The van der Waals surface area contributed by atoms with E-state index in [-0.39, 0.29) is 24.0 Å². The van der Waals surface area contributed by atoms with Gasteiger partial charge in [0.25, 0.3) is 5.91 Å². The molecule has 1 heterocycles. The molecule has 118 valence electrons. The van der Waals surface area contributed by atoms with Gasteiger partial charge < -0.3 is 9.64 Å². The van der Waals surface area contributed by atoms with Gasteiger partial charge in [0, 0.05) is 12.7 Å². The number of anilines is 1. The lowest BCUT2D eigenvalue weighted by Gasteiger charge is -2.18. The highest BCUT2D eigenvalue weighted by molar-refractivity contribution is 6.32. The van der Waals surface area contributed by atoms with Gasteiger partial charge in [-0.1, -0.05) is 29.8 Å². The van der Waals surface area contributed by atoms with E-state index in [2.05, 4.69) is 4.98 Å². The molecule has 1 amide bonds. The van der Waals surface area contributed by atoms with Crippen LogP contribution in [-0.4, -0.2) is 24.5 Å². The minimum Gasteiger partial charge on any atom is -0.467 e. The summed E-state index contributed by atoms with van der Waals surface area (Å²) in [5.41, 5.74) is 2.16. The first-order valence-corrected chi connectivity index (χ1v) is 7.34. The summed E-state index contributed by atoms with van der Waals surface area (Å²) in [6.45, 7) is 3.23. The van der Waals surface area contributed by atoms with Gasteiger partial charge in [-0.25, -0.2) is 4.98 Å². The summed E-state index contributed by atoms with van der Waals surface area (Å²) >= 11 is 6.08. The number of pyridine rings is 1. The number of aromatic nitrogens is 1. The number of aryl methyl sites for hydroxylation is 1. The zero-order valence-corrected chi connectivity index (χ0v) is 13.9. The summed E-state index contributed by atoms with van der Waals surface area (Å²) in [7, 11) is 1.66. The van der Waals surface area contributed by atoms with E-state index in [1.807, 2.05) is 36.4 Å². The number of carbonyl (C=O) groups is 1. The summed E-state index contributed by atoms with van der Waals surface area (Å²) in [6, 6.07) is 11.2. The third-order valence-corrected chi connectivity index (χ3v) is 4.02. The predicted octanol–water partition coefficient (Wildman–Crippen LogP) is 3.27. The fourth-order valence-electron chi connectivity index (χ4n) is 2.06. The van der Waals surface area contributed by atoms with Gasteiger partial charge in [0.05, 0.1) is 10.7 Å². The maximum atomic E-state index is 12.2. The average molecular weight is 330 g/mol. The Balaban J connectivity index is 2.15. The molecule has 0 N–H and O–H groups in total. The Hall–Kier alpha value is -2.58. The number of para-hydroxylation sites is 1. The maximum absolute atomic E-state index is 12.2. The Morgan fingerprint density at radius 2 is 2.00 bits per heavy atom. The van der Waals surface area contributed by atoms with Crippen molar-refractivity contribution in [3.8, 4) is 11.9 Å². The van der Waals surface area contributed by atoms with Crippen LogP contribution in [0.25, 0.3) is 0 Å². The number of nitriles is 1. The van der Waals surface area contributed by atoms with Crippen LogP contribution in [0, 0.1) is 25.2 Å². The second-order valence-corrected chi connectivity index (χ2v) is 5.38. The zero-order chi connectivity index (χ0) is 17.0. The van der Waals surface area contributed by atoms with E-state index < -0.39 is 0 Å². The maximum Gasteiger partial charge on any atom is 0.264 e. The van der Waals surface area contributed by atoms with Crippen LogP contribution in [-0.2, 0) is 4.79 Å². The number of halogens is 1. The molecule has 0 aliphatic heterocycles. The Morgan fingerprint density at radius 1 is 1.35 bits per heavy atom. The molecule has 0 spiro atoms. The van der Waals surface area contributed by atoms with Crippen molar-refractivity contribution in [3.63, 3.8) is 0 Å². The molecular weight excluding hydrogens is 314 g/mol. The molecule has 23 heavy (non-hydrogen) atoms. The van der Waals surface area contributed by atoms with Crippen molar-refractivity contribution in [2.45, 2.75) is 13.8 Å². The van der Waals surface area contributed by atoms with Crippen molar-refractivity contribution in [2.75, 3.05) is 18.6 Å². The molecule has 0 fully saturated rings. The smallest absolute Gasteiger partial charge is 0.264 e. The van der Waals surface area contributed by atoms with E-state index in [0.717, 1.165) is 5.69 Å². The largest absolute Gasteiger partial charge is 0.467 e. The molecule has 0 atom stereocenters. The fraction of sp³-hybridized carbons (Fsp3) is 0.235. The number of likely N-dealkylation sites (N-methyl/N-ethyl adjacent to an activating group) is 1. The number of carbonyl (C=O) groups excluding carboxylic acids is 1. The molecule has 2 rings (SSSR count). The highest BCUT2D eigenvalue weighted by Gasteiger charge is 2.17. The van der Waals surface area contributed by atoms with E-state index in [1.165, 1.54) is 4.90 Å². The molecule has 1 aromatic heterocycles. The Kier molecular flexibility index (Phi) is 5.20. The van der Waals surface area contributed by atoms with Crippen LogP contribution < -0.4 is 9.64 Å². The van der Waals surface area contributed by atoms with Crippen LogP contribution in [0.5, 0.6) is 5.88 Å². The molecule has 2 aromatic rings. The monoisotopic (exact) mass is 329 g/mol. The molecule has 0 saturated heterocycles. The lowest BCUT2D eigenvalue weighted by molar-refractivity contribution is -0.120. The molecule has 1 aromatic carbocycles. The number of rotatable bonds is 4. The van der Waals surface area contributed by atoms with Crippen molar-refractivity contribution < 1.29 is 9.53 Å². The molecular formula is C17H16ClN3O2. The van der Waals surface area contributed by atoms with Gasteiger partial charge in [-0.05, 0) is 31.5 Å². The minimum atomic E-state index is -0.243. The number of nitrogens with zero attached hydrogens (tertiary/aromatic N) is 3. The van der Waals surface area contributed by atoms with E-state index >= 15 is 0 Å². The first-order valence-electron chi connectivity index (χ1n) is 6.97. The van der Waals surface area contributed by atoms with Crippen molar-refractivity contribution in [3.05, 3.63) is 52.2 Å². The summed E-state index contributed by atoms with van der Waals surface area (Å²) in [6.07, 6.45) is 0. The highest BCUT2D eigenvalue weighted by Crippen LogP contribution is 2.28. The Morgan fingerprint density at radius 3 is 2.61 bits per heavy atom. The van der Waals surface area contributed by atoms with Gasteiger partial charge in [0.15, 0.2) is 6.61 Å². The van der Waals surface area contributed by atoms with Crippen LogP contribution in [0.1, 0.15) is 16.8 Å². The van der Waals surface area contributed by atoms with Gasteiger partial charge in [0.1, 0.15) is 11.6 Å². The fourth-order valence-corrected chi connectivity index (χ4v) is 2.19. The highest BCUT2D eigenvalue weighted by atomic mass is 35.5. The van der Waals surface area contributed by atoms with Crippen LogP contribution >= 0.6 is 11.6 Å². The number of ether oxygens (including phenoxy) is 1. The minimum absolute atomic E-state index is 0.127. The molecule has 0 unspecified atom stereocenters. The molecule has 0 radical (unpaired) electrons. The van der Waals surface area contributed by atoms with Crippen LogP contribution in [0.2, 0.25) is 5.02 Å². The van der Waals surface area contributed by atoms with Crippen molar-refractivity contribution in [1.29, 1.82) is 5.26 Å². The van der Waals surface area contributed by atoms with Crippen LogP contribution in [0.4, 0.5) is 5.69 Å². The van der Waals surface area contributed by atoms with Crippen molar-refractivity contribution >= 4 is 23.2 Å². The molecule has 0 aliphatic carbocycles. The quantitative estimate of drug-likeness (QED) is 0.863. The lowest BCUT2D eigenvalue weighted by Crippen LogP contribution is -2.31. The van der Waals surface area contributed by atoms with E-state index in [4.69, 9.17) is 16.3 Å². The second kappa shape index (κ2) is 7.12. The standard InChI is InChI=1S/C17H16ClN3O2/c1-11-14(9-19)17(20-12(2)16(11)18)23-10-15(22)21(3)13-7-5-4-6-8-13/h4-8H,10H2,1-3H3. The van der Waals surface area contributed by atoms with Crippen LogP contribution in [0.15, 0.2) is 30.3 Å². The van der Waals surface area contributed by atoms with Crippen molar-refractivity contribution in [1.82, 2.24) is 4.98 Å². The normalized spacial score (nSPS) is 10.0. The van der Waals surface area contributed by atoms with Gasteiger partial charge in [-0.2, -0.15) is 5.26 Å². The second-order valence-electron chi connectivity index (χ2n) is 5.01. The summed E-state index contributed by atoms with van der Waals surface area (Å²) < 4.78 is 5.47. The topological polar surface area (TPSA) is 66.2 Å². The zero-order valence-electron chi connectivity index (χ0n) is 13.1. The summed E-state index contributed by atoms with van der Waals surface area (Å²) in [5, 5.41) is 9.68. The average Bonchev–Trinajstić information content (AvgIpc) is 2.57.